The second-order valence-electron chi connectivity index (χ2n) is 11.4. The first-order valence-electron chi connectivity index (χ1n) is 14.0. The van der Waals surface area contributed by atoms with Gasteiger partial charge >= 0.3 is 0 Å². The van der Waals surface area contributed by atoms with Gasteiger partial charge in [0.1, 0.15) is 0 Å². The molecule has 0 unspecified atom stereocenters. The molecule has 0 spiro atoms. The number of amides is 1. The standard InChI is InChI=1S/C29H31N5O2.C4H10/c1-19-4-6-23(7-5-19)26-18-31-28-27(30-12-15-34(26)28)32-24-8-9-25(20(2)16-24)29(36)33-13-10-22(11-14-33)17-21(3)35;1-4(2)3/h4-9,12,15-16,18,22,35H,3,10-11,13-14,17H2,1-2H3,(H,30,32);4H,1-3H3. The summed E-state index contributed by atoms with van der Waals surface area (Å²) in [4.78, 5) is 24.2. The number of aliphatic hydroxyl groups excluding tert-OH is 1. The van der Waals surface area contributed by atoms with Crippen LogP contribution in [-0.2, 0) is 0 Å². The summed E-state index contributed by atoms with van der Waals surface area (Å²) in [5, 5.41) is 12.8. The van der Waals surface area contributed by atoms with Gasteiger partial charge in [-0.25, -0.2) is 9.97 Å². The Hall–Kier alpha value is -4.13. The van der Waals surface area contributed by atoms with Crippen LogP contribution < -0.4 is 5.32 Å². The van der Waals surface area contributed by atoms with E-state index in [-0.39, 0.29) is 11.7 Å². The third-order valence-corrected chi connectivity index (χ3v) is 6.92. The predicted octanol–water partition coefficient (Wildman–Crippen LogP) is 7.73. The molecular weight excluding hydrogens is 498 g/mol. The zero-order chi connectivity index (χ0) is 28.8. The number of aliphatic hydroxyl groups is 1. The molecule has 7 nitrogen and oxygen atoms in total. The summed E-state index contributed by atoms with van der Waals surface area (Å²) >= 11 is 0. The number of imidazole rings is 1. The van der Waals surface area contributed by atoms with Gasteiger partial charge in [0.2, 0.25) is 0 Å². The van der Waals surface area contributed by atoms with Crippen molar-refractivity contribution in [3.63, 3.8) is 0 Å². The molecule has 0 bridgehead atoms. The number of hydrogen-bond acceptors (Lipinski definition) is 5. The number of nitrogens with zero attached hydrogens (tertiary/aromatic N) is 4. The number of aryl methyl sites for hydroxylation is 2. The highest BCUT2D eigenvalue weighted by molar-refractivity contribution is 5.96. The van der Waals surface area contributed by atoms with Crippen LogP contribution in [0.4, 0.5) is 11.5 Å². The summed E-state index contributed by atoms with van der Waals surface area (Å²) in [5.41, 5.74) is 6.51. The molecule has 4 aromatic rings. The van der Waals surface area contributed by atoms with Crippen LogP contribution in [0.2, 0.25) is 0 Å². The fourth-order valence-electron chi connectivity index (χ4n) is 4.91. The number of hydrogen-bond donors (Lipinski definition) is 2. The Bertz CT molecular complexity index is 1460. The number of fused-ring (bicyclic) bond motifs is 1. The van der Waals surface area contributed by atoms with Crippen molar-refractivity contribution in [2.75, 3.05) is 18.4 Å². The number of rotatable bonds is 6. The first-order chi connectivity index (χ1) is 19.1. The zero-order valence-corrected chi connectivity index (χ0v) is 24.3. The van der Waals surface area contributed by atoms with Crippen LogP contribution in [0.25, 0.3) is 16.9 Å². The van der Waals surface area contributed by atoms with Crippen molar-refractivity contribution in [3.8, 4) is 11.3 Å². The number of nitrogens with one attached hydrogen (secondary N) is 1. The summed E-state index contributed by atoms with van der Waals surface area (Å²) in [6.45, 7) is 15.5. The van der Waals surface area contributed by atoms with Crippen LogP contribution in [0.1, 0.15) is 61.5 Å². The molecule has 2 aromatic carbocycles. The lowest BCUT2D eigenvalue weighted by Gasteiger charge is -2.32. The summed E-state index contributed by atoms with van der Waals surface area (Å²) < 4.78 is 2.03. The van der Waals surface area contributed by atoms with Crippen LogP contribution in [-0.4, -0.2) is 43.4 Å². The lowest BCUT2D eigenvalue weighted by molar-refractivity contribution is 0.0686. The summed E-state index contributed by atoms with van der Waals surface area (Å²) in [6.07, 6.45) is 7.92. The van der Waals surface area contributed by atoms with Crippen LogP contribution >= 0.6 is 0 Å². The summed E-state index contributed by atoms with van der Waals surface area (Å²) in [7, 11) is 0. The average Bonchev–Trinajstić information content (AvgIpc) is 3.34. The predicted molar refractivity (Wildman–Crippen MR) is 163 cm³/mol. The number of benzene rings is 2. The topological polar surface area (TPSA) is 82.8 Å². The van der Waals surface area contributed by atoms with E-state index in [9.17, 15) is 9.90 Å². The van der Waals surface area contributed by atoms with Crippen molar-refractivity contribution in [3.05, 3.63) is 90.1 Å². The molecule has 2 aromatic heterocycles. The molecule has 1 saturated heterocycles. The van der Waals surface area contributed by atoms with Gasteiger partial charge in [-0.15, -0.1) is 0 Å². The van der Waals surface area contributed by atoms with E-state index < -0.39 is 0 Å². The molecule has 3 heterocycles. The summed E-state index contributed by atoms with van der Waals surface area (Å²) in [6, 6.07) is 14.1. The van der Waals surface area contributed by atoms with Gasteiger partial charge < -0.3 is 15.3 Å². The molecule has 1 aliphatic rings. The molecular formula is C33H41N5O2. The largest absolute Gasteiger partial charge is 0.513 e. The Kier molecular flexibility index (Phi) is 9.25. The highest BCUT2D eigenvalue weighted by atomic mass is 16.3. The fourth-order valence-corrected chi connectivity index (χ4v) is 4.91. The molecule has 1 fully saturated rings. The molecule has 7 heteroatoms. The highest BCUT2D eigenvalue weighted by Gasteiger charge is 2.25. The van der Waals surface area contributed by atoms with E-state index in [1.807, 2.05) is 46.8 Å². The second kappa shape index (κ2) is 12.8. The number of allylic oxidation sites excluding steroid dienone is 1. The SMILES string of the molecule is C=C(O)CC1CCN(C(=O)c2ccc(Nc3nccn4c(-c5ccc(C)cc5)cnc34)cc2C)CC1.CC(C)C. The number of carbonyl (C=O) groups is 1. The first-order valence-corrected chi connectivity index (χ1v) is 14.0. The maximum absolute atomic E-state index is 13.2. The number of aromatic nitrogens is 3. The van der Waals surface area contributed by atoms with Crippen LogP contribution in [0.3, 0.4) is 0 Å². The van der Waals surface area contributed by atoms with Gasteiger partial charge in [0, 0.05) is 48.7 Å². The van der Waals surface area contributed by atoms with Crippen molar-refractivity contribution in [2.45, 2.75) is 53.9 Å². The van der Waals surface area contributed by atoms with Gasteiger partial charge in [-0.3, -0.25) is 9.20 Å². The van der Waals surface area contributed by atoms with Crippen molar-refractivity contribution in [1.29, 1.82) is 0 Å². The molecule has 1 aliphatic heterocycles. The van der Waals surface area contributed by atoms with Crippen molar-refractivity contribution in [2.24, 2.45) is 11.8 Å². The number of piperidine rings is 1. The van der Waals surface area contributed by atoms with E-state index in [0.717, 1.165) is 46.9 Å². The van der Waals surface area contributed by atoms with Gasteiger partial charge in [0.15, 0.2) is 11.5 Å². The van der Waals surface area contributed by atoms with Crippen molar-refractivity contribution >= 4 is 23.1 Å². The summed E-state index contributed by atoms with van der Waals surface area (Å²) in [5.74, 6) is 2.16. The first kappa shape index (κ1) is 28.9. The van der Waals surface area contributed by atoms with Gasteiger partial charge in [0.05, 0.1) is 17.6 Å². The Balaban J connectivity index is 0.000000867. The number of likely N-dealkylation sites (tertiary alicyclic amines) is 1. The van der Waals surface area contributed by atoms with Crippen molar-refractivity contribution in [1.82, 2.24) is 19.3 Å². The number of carbonyl (C=O) groups excluding carboxylic acids is 1. The van der Waals surface area contributed by atoms with E-state index in [1.165, 1.54) is 5.56 Å². The van der Waals surface area contributed by atoms with E-state index in [0.29, 0.717) is 36.8 Å². The molecule has 210 valence electrons. The fraction of sp³-hybridized carbons (Fsp3) is 0.364. The van der Waals surface area contributed by atoms with Crippen molar-refractivity contribution < 1.29 is 9.90 Å². The third-order valence-electron chi connectivity index (χ3n) is 6.92. The quantitative estimate of drug-likeness (QED) is 0.245. The number of anilines is 2. The minimum atomic E-state index is 0.0524. The monoisotopic (exact) mass is 539 g/mol. The minimum absolute atomic E-state index is 0.0524. The molecule has 0 radical (unpaired) electrons. The molecule has 2 N–H and O–H groups in total. The maximum atomic E-state index is 13.2. The van der Waals surface area contributed by atoms with E-state index >= 15 is 0 Å². The van der Waals surface area contributed by atoms with Gasteiger partial charge in [-0.2, -0.15) is 0 Å². The molecule has 0 saturated carbocycles. The molecule has 40 heavy (non-hydrogen) atoms. The van der Waals surface area contributed by atoms with Crippen LogP contribution in [0.15, 0.2) is 73.4 Å². The smallest absolute Gasteiger partial charge is 0.254 e. The minimum Gasteiger partial charge on any atom is -0.513 e. The lowest BCUT2D eigenvalue weighted by Crippen LogP contribution is -2.38. The molecule has 0 aliphatic carbocycles. The molecule has 5 rings (SSSR count). The Morgan fingerprint density at radius 1 is 1.07 bits per heavy atom. The van der Waals surface area contributed by atoms with Gasteiger partial charge in [-0.1, -0.05) is 57.2 Å². The van der Waals surface area contributed by atoms with Crippen LogP contribution in [0, 0.1) is 25.7 Å². The highest BCUT2D eigenvalue weighted by Crippen LogP contribution is 2.28. The normalized spacial score (nSPS) is 13.7. The van der Waals surface area contributed by atoms with Crippen LogP contribution in [0.5, 0.6) is 0 Å². The second-order valence-corrected chi connectivity index (χ2v) is 11.4. The van der Waals surface area contributed by atoms with Gasteiger partial charge in [0.25, 0.3) is 5.91 Å². The zero-order valence-electron chi connectivity index (χ0n) is 24.3. The van der Waals surface area contributed by atoms with Gasteiger partial charge in [-0.05, 0) is 62.3 Å². The Morgan fingerprint density at radius 2 is 1.75 bits per heavy atom. The molecule has 1 amide bonds. The average molecular weight is 540 g/mol. The maximum Gasteiger partial charge on any atom is 0.254 e. The molecule has 0 atom stereocenters. The van der Waals surface area contributed by atoms with E-state index in [2.05, 4.69) is 73.8 Å². The Morgan fingerprint density at radius 3 is 2.38 bits per heavy atom. The van der Waals surface area contributed by atoms with E-state index in [1.54, 1.807) is 6.20 Å². The Labute approximate surface area is 237 Å². The lowest BCUT2D eigenvalue weighted by atomic mass is 9.92. The third kappa shape index (κ3) is 7.08. The van der Waals surface area contributed by atoms with E-state index in [4.69, 9.17) is 0 Å².